The van der Waals surface area contributed by atoms with E-state index in [1.807, 2.05) is 24.3 Å². The van der Waals surface area contributed by atoms with Crippen LogP contribution in [0.3, 0.4) is 0 Å². The van der Waals surface area contributed by atoms with E-state index >= 15 is 0 Å². The Kier molecular flexibility index (Phi) is 4.02. The van der Waals surface area contributed by atoms with E-state index < -0.39 is 0 Å². The lowest BCUT2D eigenvalue weighted by atomic mass is 10.1. The highest BCUT2D eigenvalue weighted by Gasteiger charge is 2.27. The molecular weight excluding hydrogens is 288 g/mol. The Labute approximate surface area is 129 Å². The summed E-state index contributed by atoms with van der Waals surface area (Å²) in [5.41, 5.74) is 1.78. The summed E-state index contributed by atoms with van der Waals surface area (Å²) in [5, 5.41) is 0.709. The second-order valence-corrected chi connectivity index (χ2v) is 6.41. The molecule has 0 spiro atoms. The predicted molar refractivity (Wildman–Crippen MR) is 82.3 cm³/mol. The van der Waals surface area contributed by atoms with Gasteiger partial charge in [-0.3, -0.25) is 4.90 Å². The summed E-state index contributed by atoms with van der Waals surface area (Å²) in [4.78, 5) is 6.90. The van der Waals surface area contributed by atoms with Crippen molar-refractivity contribution < 1.29 is 9.15 Å². The largest absolute Gasteiger partial charge is 0.444 e. The van der Waals surface area contributed by atoms with Gasteiger partial charge in [-0.2, -0.15) is 0 Å². The number of benzene rings is 1. The molecule has 21 heavy (non-hydrogen) atoms. The van der Waals surface area contributed by atoms with Gasteiger partial charge in [0.1, 0.15) is 6.26 Å². The van der Waals surface area contributed by atoms with Crippen molar-refractivity contribution in [2.75, 3.05) is 19.7 Å². The fraction of sp³-hybridized carbons (Fsp3) is 0.438. The second kappa shape index (κ2) is 5.79. The molecule has 1 aliphatic heterocycles. The Morgan fingerprint density at radius 2 is 2.05 bits per heavy atom. The third kappa shape index (κ3) is 3.64. The van der Waals surface area contributed by atoms with Gasteiger partial charge < -0.3 is 9.15 Å². The van der Waals surface area contributed by atoms with E-state index in [2.05, 4.69) is 23.7 Å². The van der Waals surface area contributed by atoms with Crippen molar-refractivity contribution in [3.05, 3.63) is 41.2 Å². The van der Waals surface area contributed by atoms with Crippen LogP contribution in [0.15, 0.2) is 34.9 Å². The monoisotopic (exact) mass is 306 g/mol. The smallest absolute Gasteiger partial charge is 0.226 e. The Morgan fingerprint density at radius 1 is 1.29 bits per heavy atom. The van der Waals surface area contributed by atoms with E-state index in [1.165, 1.54) is 0 Å². The van der Waals surface area contributed by atoms with Crippen molar-refractivity contribution in [2.24, 2.45) is 0 Å². The van der Waals surface area contributed by atoms with Gasteiger partial charge in [0, 0.05) is 30.2 Å². The minimum Gasteiger partial charge on any atom is -0.444 e. The van der Waals surface area contributed by atoms with Crippen LogP contribution in [0, 0.1) is 0 Å². The SMILES string of the molecule is CC1(C)CN(Cc2coc(-c3ccc(Cl)cc3)n2)CCO1. The molecule has 0 bridgehead atoms. The van der Waals surface area contributed by atoms with Crippen LogP contribution in [0.4, 0.5) is 0 Å². The molecular formula is C16H19ClN2O2. The molecule has 0 N–H and O–H groups in total. The van der Waals surface area contributed by atoms with Crippen molar-refractivity contribution in [1.29, 1.82) is 0 Å². The molecule has 0 amide bonds. The van der Waals surface area contributed by atoms with E-state index in [4.69, 9.17) is 20.8 Å². The van der Waals surface area contributed by atoms with Crippen molar-refractivity contribution >= 4 is 11.6 Å². The highest BCUT2D eigenvalue weighted by atomic mass is 35.5. The Morgan fingerprint density at radius 3 is 2.76 bits per heavy atom. The molecule has 1 aromatic carbocycles. The van der Waals surface area contributed by atoms with E-state index in [1.54, 1.807) is 6.26 Å². The highest BCUT2D eigenvalue weighted by Crippen LogP contribution is 2.23. The first-order valence-corrected chi connectivity index (χ1v) is 7.46. The number of hydrogen-bond donors (Lipinski definition) is 0. The minimum absolute atomic E-state index is 0.0962. The number of halogens is 1. The van der Waals surface area contributed by atoms with Crippen molar-refractivity contribution in [1.82, 2.24) is 9.88 Å². The van der Waals surface area contributed by atoms with Crippen molar-refractivity contribution in [3.8, 4) is 11.5 Å². The maximum atomic E-state index is 5.89. The van der Waals surface area contributed by atoms with E-state index in [-0.39, 0.29) is 5.60 Å². The molecule has 2 heterocycles. The van der Waals surface area contributed by atoms with Crippen LogP contribution in [0.1, 0.15) is 19.5 Å². The standard InChI is InChI=1S/C16H19ClN2O2/c1-16(2)11-19(7-8-21-16)9-14-10-20-15(18-14)12-3-5-13(17)6-4-12/h3-6,10H,7-9,11H2,1-2H3. The normalized spacial score (nSPS) is 18.8. The summed E-state index contributed by atoms with van der Waals surface area (Å²) >= 11 is 5.89. The summed E-state index contributed by atoms with van der Waals surface area (Å²) < 4.78 is 11.3. The van der Waals surface area contributed by atoms with Gasteiger partial charge in [-0.1, -0.05) is 11.6 Å². The lowest BCUT2D eigenvalue weighted by molar-refractivity contribution is -0.0885. The number of oxazole rings is 1. The summed E-state index contributed by atoms with van der Waals surface area (Å²) in [5.74, 6) is 0.634. The Hall–Kier alpha value is -1.36. The first kappa shape index (κ1) is 14.6. The maximum Gasteiger partial charge on any atom is 0.226 e. The maximum absolute atomic E-state index is 5.89. The Balaban J connectivity index is 1.69. The molecule has 1 saturated heterocycles. The van der Waals surface area contributed by atoms with E-state index in [0.29, 0.717) is 10.9 Å². The molecule has 0 radical (unpaired) electrons. The number of morpholine rings is 1. The fourth-order valence-electron chi connectivity index (χ4n) is 2.58. The molecule has 2 aromatic rings. The number of hydrogen-bond acceptors (Lipinski definition) is 4. The molecule has 112 valence electrons. The van der Waals surface area contributed by atoms with Crippen LogP contribution in [0.25, 0.3) is 11.5 Å². The molecule has 0 atom stereocenters. The molecule has 1 aromatic heterocycles. The van der Waals surface area contributed by atoms with Crippen LogP contribution in [0.5, 0.6) is 0 Å². The van der Waals surface area contributed by atoms with Gasteiger partial charge in [-0.25, -0.2) is 4.98 Å². The molecule has 0 aliphatic carbocycles. The quantitative estimate of drug-likeness (QED) is 0.868. The number of nitrogens with zero attached hydrogens (tertiary/aromatic N) is 2. The lowest BCUT2D eigenvalue weighted by Crippen LogP contribution is -2.47. The van der Waals surface area contributed by atoms with Crippen LogP contribution < -0.4 is 0 Å². The third-order valence-electron chi connectivity index (χ3n) is 3.53. The number of aromatic nitrogens is 1. The molecule has 3 rings (SSSR count). The third-order valence-corrected chi connectivity index (χ3v) is 3.79. The van der Waals surface area contributed by atoms with Gasteiger partial charge >= 0.3 is 0 Å². The van der Waals surface area contributed by atoms with Crippen molar-refractivity contribution in [3.63, 3.8) is 0 Å². The molecule has 5 heteroatoms. The lowest BCUT2D eigenvalue weighted by Gasteiger charge is -2.37. The number of rotatable bonds is 3. The fourth-order valence-corrected chi connectivity index (χ4v) is 2.71. The van der Waals surface area contributed by atoms with Crippen LogP contribution in [-0.4, -0.2) is 35.2 Å². The van der Waals surface area contributed by atoms with Crippen molar-refractivity contribution in [2.45, 2.75) is 26.0 Å². The molecule has 4 nitrogen and oxygen atoms in total. The predicted octanol–water partition coefficient (Wildman–Crippen LogP) is 3.61. The summed E-state index contributed by atoms with van der Waals surface area (Å²) in [6.07, 6.45) is 1.73. The summed E-state index contributed by atoms with van der Waals surface area (Å²) in [6.45, 7) is 7.59. The van der Waals surface area contributed by atoms with Gasteiger partial charge in [-0.05, 0) is 38.1 Å². The van der Waals surface area contributed by atoms with E-state index in [9.17, 15) is 0 Å². The molecule has 1 fully saturated rings. The first-order chi connectivity index (χ1) is 10.0. The van der Waals surface area contributed by atoms with Gasteiger partial charge in [0.2, 0.25) is 5.89 Å². The molecule has 1 aliphatic rings. The van der Waals surface area contributed by atoms with Crippen LogP contribution in [0.2, 0.25) is 5.02 Å². The first-order valence-electron chi connectivity index (χ1n) is 7.08. The van der Waals surface area contributed by atoms with Gasteiger partial charge in [0.05, 0.1) is 17.9 Å². The van der Waals surface area contributed by atoms with Gasteiger partial charge in [0.15, 0.2) is 0 Å². The van der Waals surface area contributed by atoms with Crippen LogP contribution in [-0.2, 0) is 11.3 Å². The topological polar surface area (TPSA) is 38.5 Å². The highest BCUT2D eigenvalue weighted by molar-refractivity contribution is 6.30. The average molecular weight is 307 g/mol. The summed E-state index contributed by atoms with van der Waals surface area (Å²) in [7, 11) is 0. The minimum atomic E-state index is -0.0962. The zero-order valence-corrected chi connectivity index (χ0v) is 13.1. The second-order valence-electron chi connectivity index (χ2n) is 5.97. The van der Waals surface area contributed by atoms with E-state index in [0.717, 1.165) is 37.5 Å². The Bertz CT molecular complexity index is 607. The van der Waals surface area contributed by atoms with Gasteiger partial charge in [0.25, 0.3) is 0 Å². The summed E-state index contributed by atoms with van der Waals surface area (Å²) in [6, 6.07) is 7.50. The van der Waals surface area contributed by atoms with Gasteiger partial charge in [-0.15, -0.1) is 0 Å². The number of ether oxygens (including phenoxy) is 1. The molecule has 0 saturated carbocycles. The zero-order chi connectivity index (χ0) is 14.9. The molecule has 0 unspecified atom stereocenters. The zero-order valence-electron chi connectivity index (χ0n) is 12.3. The average Bonchev–Trinajstić information content (AvgIpc) is 2.87. The van der Waals surface area contributed by atoms with Crippen LogP contribution >= 0.6 is 11.6 Å².